The number of piperazine rings is 1. The van der Waals surface area contributed by atoms with Crippen molar-refractivity contribution in [1.82, 2.24) is 15.5 Å². The lowest BCUT2D eigenvalue weighted by molar-refractivity contribution is 0.244. The fraction of sp³-hybridized carbons (Fsp3) is 0.600. The molecule has 0 amide bonds. The number of hydrogen-bond acceptors (Lipinski definition) is 3. The van der Waals surface area contributed by atoms with Crippen LogP contribution in [0.4, 0.5) is 0 Å². The number of benzene rings is 1. The summed E-state index contributed by atoms with van der Waals surface area (Å²) >= 11 is 0. The maximum Gasteiger partial charge on any atom is 0.0108 e. The zero-order chi connectivity index (χ0) is 16.9. The summed E-state index contributed by atoms with van der Waals surface area (Å²) in [4.78, 5) is 2.55. The van der Waals surface area contributed by atoms with Gasteiger partial charge in [0.1, 0.15) is 0 Å². The fourth-order valence-electron chi connectivity index (χ4n) is 2.82. The van der Waals surface area contributed by atoms with Crippen LogP contribution in [-0.2, 0) is 6.42 Å². The van der Waals surface area contributed by atoms with Crippen LogP contribution in [0.25, 0.3) is 5.57 Å². The van der Waals surface area contributed by atoms with E-state index in [0.717, 1.165) is 32.5 Å². The molecule has 3 heteroatoms. The molecular weight excluding hydrogens is 282 g/mol. The Hall–Kier alpha value is -1.16. The third-order valence-electron chi connectivity index (χ3n) is 4.24. The van der Waals surface area contributed by atoms with Crippen molar-refractivity contribution in [3.05, 3.63) is 41.5 Å². The van der Waals surface area contributed by atoms with Crippen LogP contribution in [0.2, 0.25) is 0 Å². The van der Waals surface area contributed by atoms with Gasteiger partial charge in [0.2, 0.25) is 0 Å². The Morgan fingerprint density at radius 1 is 1.17 bits per heavy atom. The highest BCUT2D eigenvalue weighted by atomic mass is 15.2. The molecule has 0 radical (unpaired) electrons. The molecule has 2 rings (SSSR count). The molecule has 2 N–H and O–H groups in total. The number of hydrogen-bond donors (Lipinski definition) is 2. The first-order valence-corrected chi connectivity index (χ1v) is 9.15. The van der Waals surface area contributed by atoms with E-state index in [1.54, 1.807) is 0 Å². The molecule has 1 aromatic carbocycles. The summed E-state index contributed by atoms with van der Waals surface area (Å²) in [6, 6.07) is 9.14. The van der Waals surface area contributed by atoms with Crippen LogP contribution in [0.15, 0.2) is 30.3 Å². The fourth-order valence-corrected chi connectivity index (χ4v) is 2.82. The number of rotatable bonds is 7. The second-order valence-corrected chi connectivity index (χ2v) is 5.71. The topological polar surface area (TPSA) is 27.3 Å². The maximum absolute atomic E-state index is 3.40. The van der Waals surface area contributed by atoms with Crippen molar-refractivity contribution in [2.24, 2.45) is 0 Å². The van der Waals surface area contributed by atoms with Gasteiger partial charge in [-0.15, -0.1) is 0 Å². The second kappa shape index (κ2) is 12.3. The standard InChI is InChI=1S/C18H29N3.C2H6/c1-3-17(8-10-19-2)18-6-4-16(5-7-18)9-13-21-14-11-20-12-15-21;1-2/h3-7,19-20H,8-15H2,1-2H3;1-2H3/b17-3+;. The summed E-state index contributed by atoms with van der Waals surface area (Å²) in [6.07, 6.45) is 4.47. The summed E-state index contributed by atoms with van der Waals surface area (Å²) < 4.78 is 0. The van der Waals surface area contributed by atoms with Gasteiger partial charge in [0, 0.05) is 32.7 Å². The molecule has 3 nitrogen and oxygen atoms in total. The van der Waals surface area contributed by atoms with Gasteiger partial charge in [0.15, 0.2) is 0 Å². The van der Waals surface area contributed by atoms with Crippen LogP contribution in [0.5, 0.6) is 0 Å². The Labute approximate surface area is 143 Å². The predicted octanol–water partition coefficient (Wildman–Crippen LogP) is 3.17. The molecule has 1 fully saturated rings. The highest BCUT2D eigenvalue weighted by molar-refractivity contribution is 5.65. The summed E-state index contributed by atoms with van der Waals surface area (Å²) in [5, 5.41) is 6.62. The molecule has 0 saturated carbocycles. The van der Waals surface area contributed by atoms with Crippen LogP contribution in [0.3, 0.4) is 0 Å². The average molecular weight is 318 g/mol. The largest absolute Gasteiger partial charge is 0.319 e. The van der Waals surface area contributed by atoms with Gasteiger partial charge >= 0.3 is 0 Å². The summed E-state index contributed by atoms with van der Waals surface area (Å²) in [5.41, 5.74) is 4.23. The van der Waals surface area contributed by atoms with E-state index in [0.29, 0.717) is 0 Å². The van der Waals surface area contributed by atoms with Crippen molar-refractivity contribution in [3.63, 3.8) is 0 Å². The quantitative estimate of drug-likeness (QED) is 0.809. The summed E-state index contributed by atoms with van der Waals surface area (Å²) in [5.74, 6) is 0. The normalized spacial score (nSPS) is 15.9. The molecule has 1 saturated heterocycles. The highest BCUT2D eigenvalue weighted by Gasteiger charge is 2.09. The van der Waals surface area contributed by atoms with E-state index in [-0.39, 0.29) is 0 Å². The van der Waals surface area contributed by atoms with Crippen LogP contribution in [0, 0.1) is 0 Å². The van der Waals surface area contributed by atoms with Crippen molar-refractivity contribution in [2.45, 2.75) is 33.6 Å². The molecule has 0 aliphatic carbocycles. The first-order chi connectivity index (χ1) is 11.3. The SMILES string of the molecule is C/C=C(\CCNC)c1ccc(CCN2CCNCC2)cc1.CC. The molecule has 1 aliphatic heterocycles. The summed E-state index contributed by atoms with van der Waals surface area (Å²) in [7, 11) is 2.01. The lowest BCUT2D eigenvalue weighted by atomic mass is 10.00. The van der Waals surface area contributed by atoms with Gasteiger partial charge in [0.25, 0.3) is 0 Å². The zero-order valence-electron chi connectivity index (χ0n) is 15.5. The molecule has 0 spiro atoms. The van der Waals surface area contributed by atoms with E-state index in [1.807, 2.05) is 20.9 Å². The highest BCUT2D eigenvalue weighted by Crippen LogP contribution is 2.18. The Kier molecular flexibility index (Phi) is 10.6. The van der Waals surface area contributed by atoms with Gasteiger partial charge in [-0.25, -0.2) is 0 Å². The van der Waals surface area contributed by atoms with Crippen molar-refractivity contribution in [2.75, 3.05) is 46.3 Å². The number of nitrogens with zero attached hydrogens (tertiary/aromatic N) is 1. The second-order valence-electron chi connectivity index (χ2n) is 5.71. The van der Waals surface area contributed by atoms with Crippen LogP contribution in [0.1, 0.15) is 38.3 Å². The third-order valence-corrected chi connectivity index (χ3v) is 4.24. The van der Waals surface area contributed by atoms with E-state index in [9.17, 15) is 0 Å². The van der Waals surface area contributed by atoms with Crippen molar-refractivity contribution in [3.8, 4) is 0 Å². The molecular formula is C20H35N3. The van der Waals surface area contributed by atoms with Crippen LogP contribution in [-0.4, -0.2) is 51.2 Å². The maximum atomic E-state index is 3.40. The van der Waals surface area contributed by atoms with E-state index >= 15 is 0 Å². The van der Waals surface area contributed by atoms with Crippen LogP contribution >= 0.6 is 0 Å². The molecule has 0 aromatic heterocycles. The molecule has 1 heterocycles. The lowest BCUT2D eigenvalue weighted by Crippen LogP contribution is -2.44. The smallest absolute Gasteiger partial charge is 0.0108 e. The van der Waals surface area contributed by atoms with Gasteiger partial charge in [0.05, 0.1) is 0 Å². The molecule has 23 heavy (non-hydrogen) atoms. The van der Waals surface area contributed by atoms with E-state index in [2.05, 4.69) is 52.8 Å². The first kappa shape index (κ1) is 19.9. The zero-order valence-corrected chi connectivity index (χ0v) is 15.5. The predicted molar refractivity (Wildman–Crippen MR) is 103 cm³/mol. The molecule has 0 unspecified atom stereocenters. The minimum Gasteiger partial charge on any atom is -0.319 e. The molecule has 0 bridgehead atoms. The van der Waals surface area contributed by atoms with Gasteiger partial charge < -0.3 is 15.5 Å². The Balaban J connectivity index is 0.00000127. The van der Waals surface area contributed by atoms with Gasteiger partial charge in [-0.3, -0.25) is 0 Å². The van der Waals surface area contributed by atoms with E-state index in [1.165, 1.54) is 36.3 Å². The average Bonchev–Trinajstić information content (AvgIpc) is 2.64. The van der Waals surface area contributed by atoms with Gasteiger partial charge in [-0.1, -0.05) is 44.2 Å². The Bertz CT molecular complexity index is 431. The molecule has 0 atom stereocenters. The third kappa shape index (κ3) is 7.30. The monoisotopic (exact) mass is 317 g/mol. The van der Waals surface area contributed by atoms with Crippen LogP contribution < -0.4 is 10.6 Å². The number of nitrogens with one attached hydrogen (secondary N) is 2. The first-order valence-electron chi connectivity index (χ1n) is 9.15. The minimum atomic E-state index is 1.03. The molecule has 1 aromatic rings. The Morgan fingerprint density at radius 3 is 2.39 bits per heavy atom. The van der Waals surface area contributed by atoms with E-state index in [4.69, 9.17) is 0 Å². The summed E-state index contributed by atoms with van der Waals surface area (Å²) in [6.45, 7) is 13.0. The lowest BCUT2D eigenvalue weighted by Gasteiger charge is -2.27. The van der Waals surface area contributed by atoms with Gasteiger partial charge in [-0.2, -0.15) is 0 Å². The Morgan fingerprint density at radius 2 is 1.83 bits per heavy atom. The number of allylic oxidation sites excluding steroid dienone is 1. The molecule has 1 aliphatic rings. The molecule has 130 valence electrons. The van der Waals surface area contributed by atoms with Gasteiger partial charge in [-0.05, 0) is 50.1 Å². The van der Waals surface area contributed by atoms with Crippen molar-refractivity contribution >= 4 is 5.57 Å². The van der Waals surface area contributed by atoms with E-state index < -0.39 is 0 Å². The van der Waals surface area contributed by atoms with Crippen molar-refractivity contribution in [1.29, 1.82) is 0 Å². The van der Waals surface area contributed by atoms with Crippen molar-refractivity contribution < 1.29 is 0 Å². The minimum absolute atomic E-state index is 1.03.